The number of hydrogen-bond acceptors (Lipinski definition) is 4. The maximum absolute atomic E-state index is 13.8. The normalized spacial score (nSPS) is 20.8. The summed E-state index contributed by atoms with van der Waals surface area (Å²) in [5, 5.41) is 0. The van der Waals surface area contributed by atoms with E-state index in [1.165, 1.54) is 13.3 Å². The summed E-state index contributed by atoms with van der Waals surface area (Å²) < 4.78 is 30.6. The molecule has 1 fully saturated rings. The van der Waals surface area contributed by atoms with Crippen molar-refractivity contribution in [3.8, 4) is 0 Å². The molecule has 0 bridgehead atoms. The van der Waals surface area contributed by atoms with Crippen LogP contribution in [0.1, 0.15) is 33.3 Å². The second-order valence-electron chi connectivity index (χ2n) is 5.69. The number of pyridine rings is 1. The van der Waals surface area contributed by atoms with Crippen LogP contribution in [-0.2, 0) is 20.7 Å². The summed E-state index contributed by atoms with van der Waals surface area (Å²) in [4.78, 5) is 3.64. The number of ether oxygens (including phenoxy) is 1. The Morgan fingerprint density at radius 3 is 2.37 bits per heavy atom. The minimum absolute atomic E-state index is 0.138. The molecule has 19 heavy (non-hydrogen) atoms. The van der Waals surface area contributed by atoms with E-state index in [-0.39, 0.29) is 6.61 Å². The first kappa shape index (κ1) is 14.4. The lowest BCUT2D eigenvalue weighted by Gasteiger charge is -2.32. The van der Waals surface area contributed by atoms with Gasteiger partial charge < -0.3 is 14.0 Å². The van der Waals surface area contributed by atoms with Crippen molar-refractivity contribution < 1.29 is 18.4 Å². The summed E-state index contributed by atoms with van der Waals surface area (Å²) in [6, 6.07) is 1.71. The van der Waals surface area contributed by atoms with Crippen molar-refractivity contribution in [1.29, 1.82) is 0 Å². The van der Waals surface area contributed by atoms with Gasteiger partial charge in [0, 0.05) is 18.9 Å². The topological polar surface area (TPSA) is 40.6 Å². The van der Waals surface area contributed by atoms with Crippen LogP contribution >= 0.6 is 0 Å². The molecule has 1 aromatic rings. The Balaban J connectivity index is 2.37. The van der Waals surface area contributed by atoms with Crippen molar-refractivity contribution >= 4 is 12.6 Å². The average Bonchev–Trinajstić information content (AvgIpc) is 2.51. The highest BCUT2D eigenvalue weighted by atomic mass is 19.1. The van der Waals surface area contributed by atoms with Crippen molar-refractivity contribution in [2.75, 3.05) is 7.11 Å². The lowest BCUT2D eigenvalue weighted by atomic mass is 9.76. The molecule has 0 spiro atoms. The molecule has 0 amide bonds. The largest absolute Gasteiger partial charge is 0.495 e. The van der Waals surface area contributed by atoms with E-state index in [2.05, 4.69) is 4.98 Å². The smallest absolute Gasteiger partial charge is 0.399 e. The Labute approximate surface area is 113 Å². The molecule has 0 radical (unpaired) electrons. The van der Waals surface area contributed by atoms with Crippen molar-refractivity contribution in [3.05, 3.63) is 23.8 Å². The van der Waals surface area contributed by atoms with E-state index in [0.29, 0.717) is 11.0 Å². The number of methoxy groups -OCH3 is 1. The van der Waals surface area contributed by atoms with Gasteiger partial charge in [0.05, 0.1) is 17.8 Å². The van der Waals surface area contributed by atoms with Gasteiger partial charge in [0.15, 0.2) is 0 Å². The lowest BCUT2D eigenvalue weighted by Crippen LogP contribution is -2.41. The molecule has 2 rings (SSSR count). The monoisotopic (exact) mass is 267 g/mol. The molecule has 1 aliphatic heterocycles. The highest BCUT2D eigenvalue weighted by molar-refractivity contribution is 6.62. The SMILES string of the molecule is COCc1c(B2OC(C)(C)C(C)(C)O2)ccnc1F. The maximum atomic E-state index is 13.8. The Hall–Kier alpha value is -0.975. The number of nitrogens with zero attached hydrogens (tertiary/aromatic N) is 1. The van der Waals surface area contributed by atoms with Crippen LogP contribution in [0.3, 0.4) is 0 Å². The van der Waals surface area contributed by atoms with Crippen LogP contribution in [0.25, 0.3) is 0 Å². The van der Waals surface area contributed by atoms with Crippen molar-refractivity contribution in [2.45, 2.75) is 45.5 Å². The minimum Gasteiger partial charge on any atom is -0.399 e. The second kappa shape index (κ2) is 4.85. The van der Waals surface area contributed by atoms with Crippen LogP contribution in [-0.4, -0.2) is 30.4 Å². The summed E-state index contributed by atoms with van der Waals surface area (Å²) in [7, 11) is 0.910. The Morgan fingerprint density at radius 2 is 1.84 bits per heavy atom. The Kier molecular flexibility index (Phi) is 3.68. The third-order valence-electron chi connectivity index (χ3n) is 3.84. The molecule has 0 aliphatic carbocycles. The maximum Gasteiger partial charge on any atom is 0.495 e. The van der Waals surface area contributed by atoms with Gasteiger partial charge in [-0.2, -0.15) is 4.39 Å². The predicted molar refractivity (Wildman–Crippen MR) is 70.6 cm³/mol. The molecule has 6 heteroatoms. The predicted octanol–water partition coefficient (Wildman–Crippen LogP) is 1.67. The number of rotatable bonds is 3. The van der Waals surface area contributed by atoms with Gasteiger partial charge in [-0.05, 0) is 39.2 Å². The van der Waals surface area contributed by atoms with E-state index < -0.39 is 24.3 Å². The summed E-state index contributed by atoms with van der Waals surface area (Å²) in [5.74, 6) is -0.547. The number of halogens is 1. The van der Waals surface area contributed by atoms with Gasteiger partial charge in [-0.1, -0.05) is 0 Å². The average molecular weight is 267 g/mol. The minimum atomic E-state index is -0.604. The zero-order valence-corrected chi connectivity index (χ0v) is 12.0. The van der Waals surface area contributed by atoms with Gasteiger partial charge >= 0.3 is 7.12 Å². The lowest BCUT2D eigenvalue weighted by molar-refractivity contribution is 0.00578. The van der Waals surface area contributed by atoms with Crippen LogP contribution in [0.2, 0.25) is 0 Å². The van der Waals surface area contributed by atoms with E-state index in [4.69, 9.17) is 14.0 Å². The third kappa shape index (κ3) is 2.52. The quantitative estimate of drug-likeness (QED) is 0.617. The van der Waals surface area contributed by atoms with Crippen LogP contribution < -0.4 is 5.46 Å². The molecule has 1 aromatic heterocycles. The standard InChI is InChI=1S/C13H19BFNO3/c1-12(2)13(3,4)19-14(18-12)10-6-7-16-11(15)9(10)8-17-5/h6-7H,8H2,1-5H3. The molecule has 2 heterocycles. The second-order valence-corrected chi connectivity index (χ2v) is 5.69. The molecular weight excluding hydrogens is 248 g/mol. The molecule has 4 nitrogen and oxygen atoms in total. The Morgan fingerprint density at radius 1 is 1.26 bits per heavy atom. The highest BCUT2D eigenvalue weighted by Crippen LogP contribution is 2.36. The Bertz CT molecular complexity index is 463. The first-order chi connectivity index (χ1) is 8.78. The summed E-state index contributed by atoms with van der Waals surface area (Å²) in [5.41, 5.74) is 0.0975. The van der Waals surface area contributed by atoms with Crippen molar-refractivity contribution in [1.82, 2.24) is 4.98 Å². The summed E-state index contributed by atoms with van der Waals surface area (Å²) >= 11 is 0. The van der Waals surface area contributed by atoms with Gasteiger partial charge in [-0.3, -0.25) is 0 Å². The van der Waals surface area contributed by atoms with Gasteiger partial charge in [0.2, 0.25) is 5.95 Å². The van der Waals surface area contributed by atoms with Gasteiger partial charge in [0.1, 0.15) is 0 Å². The van der Waals surface area contributed by atoms with Gasteiger partial charge in [0.25, 0.3) is 0 Å². The fourth-order valence-electron chi connectivity index (χ4n) is 1.96. The first-order valence-corrected chi connectivity index (χ1v) is 6.26. The highest BCUT2D eigenvalue weighted by Gasteiger charge is 2.52. The molecule has 0 N–H and O–H groups in total. The van der Waals surface area contributed by atoms with E-state index in [9.17, 15) is 4.39 Å². The van der Waals surface area contributed by atoms with Crippen molar-refractivity contribution in [2.24, 2.45) is 0 Å². The number of aromatic nitrogens is 1. The van der Waals surface area contributed by atoms with Crippen LogP contribution in [0.5, 0.6) is 0 Å². The molecule has 0 saturated carbocycles. The number of hydrogen-bond donors (Lipinski definition) is 0. The van der Waals surface area contributed by atoms with E-state index in [1.807, 2.05) is 27.7 Å². The van der Waals surface area contributed by atoms with Crippen molar-refractivity contribution in [3.63, 3.8) is 0 Å². The molecule has 1 aliphatic rings. The zero-order chi connectivity index (χ0) is 14.3. The first-order valence-electron chi connectivity index (χ1n) is 6.26. The summed E-state index contributed by atoms with van der Waals surface area (Å²) in [6.45, 7) is 7.97. The van der Waals surface area contributed by atoms with Crippen LogP contribution in [0.15, 0.2) is 12.3 Å². The molecule has 104 valence electrons. The third-order valence-corrected chi connectivity index (χ3v) is 3.84. The molecule has 1 saturated heterocycles. The van der Waals surface area contributed by atoms with Gasteiger partial charge in [-0.25, -0.2) is 4.98 Å². The fourth-order valence-corrected chi connectivity index (χ4v) is 1.96. The fraction of sp³-hybridized carbons (Fsp3) is 0.615. The molecular formula is C13H19BFNO3. The van der Waals surface area contributed by atoms with E-state index in [0.717, 1.165) is 0 Å². The molecule has 0 aromatic carbocycles. The zero-order valence-electron chi connectivity index (χ0n) is 12.0. The van der Waals surface area contributed by atoms with Crippen LogP contribution in [0.4, 0.5) is 4.39 Å². The van der Waals surface area contributed by atoms with E-state index >= 15 is 0 Å². The van der Waals surface area contributed by atoms with Crippen LogP contribution in [0, 0.1) is 5.95 Å². The molecule has 0 atom stereocenters. The molecule has 0 unspecified atom stereocenters. The summed E-state index contributed by atoms with van der Waals surface area (Å²) in [6.07, 6.45) is 1.41. The van der Waals surface area contributed by atoms with Gasteiger partial charge in [-0.15, -0.1) is 0 Å². The van der Waals surface area contributed by atoms with E-state index in [1.54, 1.807) is 6.07 Å².